The summed E-state index contributed by atoms with van der Waals surface area (Å²) in [4.78, 5) is 25.9. The van der Waals surface area contributed by atoms with Crippen LogP contribution in [0.4, 0.5) is 0 Å². The number of amides is 1. The van der Waals surface area contributed by atoms with Gasteiger partial charge in [0.2, 0.25) is 0 Å². The monoisotopic (exact) mass is 533 g/mol. The maximum atomic E-state index is 13.2. The fraction of sp³-hybridized carbons (Fsp3) is 0.462. The Bertz CT molecular complexity index is 1230. The van der Waals surface area contributed by atoms with Crippen LogP contribution in [0.2, 0.25) is 5.02 Å². The summed E-state index contributed by atoms with van der Waals surface area (Å²) in [6.45, 7) is 6.28. The number of nitrogens with zero attached hydrogens (tertiary/aromatic N) is 3. The van der Waals surface area contributed by atoms with Crippen molar-refractivity contribution < 1.29 is 23.1 Å². The lowest BCUT2D eigenvalue weighted by Gasteiger charge is -2.45. The molecule has 2 heterocycles. The number of fused-ring (bicyclic) bond motifs is 1. The van der Waals surface area contributed by atoms with Crippen LogP contribution in [-0.2, 0) is 19.4 Å². The Balaban J connectivity index is 1.39. The molecule has 1 N–H and O–H groups in total. The molecule has 10 heteroatoms. The molecule has 0 spiro atoms. The highest BCUT2D eigenvalue weighted by Crippen LogP contribution is 2.29. The molecule has 2 saturated heterocycles. The van der Waals surface area contributed by atoms with E-state index >= 15 is 0 Å². The van der Waals surface area contributed by atoms with Crippen LogP contribution in [0.25, 0.3) is 10.8 Å². The van der Waals surface area contributed by atoms with Crippen molar-refractivity contribution in [3.05, 3.63) is 59.6 Å². The SMILES string of the molecule is C=CC(c1ccc2cc(Cl)ccc2c1)S(=O)(=O)C[C@@H](O)C(=O)N1CCN(N2CCCCC2C=O)CC1. The minimum Gasteiger partial charge on any atom is -0.382 e. The van der Waals surface area contributed by atoms with Crippen LogP contribution in [0.5, 0.6) is 0 Å². The van der Waals surface area contributed by atoms with Crippen molar-refractivity contribution in [3.8, 4) is 0 Å². The number of carbonyl (C=O) groups excluding carboxylic acids is 2. The van der Waals surface area contributed by atoms with Crippen LogP contribution < -0.4 is 0 Å². The minimum atomic E-state index is -3.92. The molecule has 0 aromatic heterocycles. The van der Waals surface area contributed by atoms with Crippen molar-refractivity contribution in [1.82, 2.24) is 14.9 Å². The normalized spacial score (nSPS) is 21.7. The summed E-state index contributed by atoms with van der Waals surface area (Å²) >= 11 is 6.04. The van der Waals surface area contributed by atoms with Crippen molar-refractivity contribution >= 4 is 44.4 Å². The van der Waals surface area contributed by atoms with Crippen LogP contribution in [0, 0.1) is 0 Å². The number of sulfone groups is 1. The average molecular weight is 534 g/mol. The van der Waals surface area contributed by atoms with Gasteiger partial charge < -0.3 is 14.8 Å². The number of benzene rings is 2. The number of hydrazine groups is 1. The number of rotatable bonds is 8. The van der Waals surface area contributed by atoms with E-state index in [1.807, 2.05) is 6.07 Å². The van der Waals surface area contributed by atoms with E-state index in [4.69, 9.17) is 11.6 Å². The maximum Gasteiger partial charge on any atom is 0.252 e. The largest absolute Gasteiger partial charge is 0.382 e. The fourth-order valence-corrected chi connectivity index (χ4v) is 6.94. The van der Waals surface area contributed by atoms with Crippen LogP contribution in [-0.4, -0.2) is 91.3 Å². The van der Waals surface area contributed by atoms with E-state index in [2.05, 4.69) is 16.6 Å². The third-order valence-electron chi connectivity index (χ3n) is 7.04. The Hall–Kier alpha value is -2.30. The highest BCUT2D eigenvalue weighted by molar-refractivity contribution is 7.91. The summed E-state index contributed by atoms with van der Waals surface area (Å²) in [6, 6.07) is 10.5. The second-order valence-electron chi connectivity index (χ2n) is 9.39. The number of hydrogen-bond acceptors (Lipinski definition) is 7. The van der Waals surface area contributed by atoms with Crippen molar-refractivity contribution in [2.24, 2.45) is 0 Å². The molecule has 194 valence electrons. The lowest BCUT2D eigenvalue weighted by molar-refractivity contribution is -0.149. The Labute approximate surface area is 217 Å². The lowest BCUT2D eigenvalue weighted by atomic mass is 10.0. The molecule has 0 saturated carbocycles. The summed E-state index contributed by atoms with van der Waals surface area (Å²) < 4.78 is 26.4. The van der Waals surface area contributed by atoms with E-state index in [-0.39, 0.29) is 6.04 Å². The molecule has 0 aliphatic carbocycles. The topological polar surface area (TPSA) is 98.2 Å². The first-order valence-corrected chi connectivity index (χ1v) is 14.3. The van der Waals surface area contributed by atoms with Gasteiger partial charge >= 0.3 is 0 Å². The van der Waals surface area contributed by atoms with Crippen LogP contribution in [0.3, 0.4) is 0 Å². The van der Waals surface area contributed by atoms with Gasteiger partial charge in [0.15, 0.2) is 9.84 Å². The molecule has 0 radical (unpaired) electrons. The maximum absolute atomic E-state index is 13.2. The first-order valence-electron chi connectivity index (χ1n) is 12.2. The summed E-state index contributed by atoms with van der Waals surface area (Å²) in [6.07, 6.45) is 3.51. The van der Waals surface area contributed by atoms with Gasteiger partial charge in [-0.15, -0.1) is 6.58 Å². The highest BCUT2D eigenvalue weighted by atomic mass is 35.5. The van der Waals surface area contributed by atoms with Crippen molar-refractivity contribution in [2.75, 3.05) is 38.5 Å². The van der Waals surface area contributed by atoms with Crippen LogP contribution >= 0.6 is 11.6 Å². The zero-order valence-electron chi connectivity index (χ0n) is 20.1. The van der Waals surface area contributed by atoms with E-state index in [1.54, 1.807) is 30.3 Å². The molecule has 2 fully saturated rings. The van der Waals surface area contributed by atoms with Gasteiger partial charge in [0.25, 0.3) is 5.91 Å². The quantitative estimate of drug-likeness (QED) is 0.411. The van der Waals surface area contributed by atoms with Crippen molar-refractivity contribution in [3.63, 3.8) is 0 Å². The fourth-order valence-electron chi connectivity index (χ4n) is 5.11. The van der Waals surface area contributed by atoms with Gasteiger partial charge in [-0.3, -0.25) is 4.79 Å². The molecule has 2 aliphatic rings. The Morgan fingerprint density at radius 3 is 2.47 bits per heavy atom. The van der Waals surface area contributed by atoms with Crippen LogP contribution in [0.1, 0.15) is 30.1 Å². The van der Waals surface area contributed by atoms with E-state index in [0.29, 0.717) is 36.8 Å². The number of piperidine rings is 1. The molecule has 2 aliphatic heterocycles. The third-order valence-corrected chi connectivity index (χ3v) is 9.29. The smallest absolute Gasteiger partial charge is 0.252 e. The molecule has 2 unspecified atom stereocenters. The second kappa shape index (κ2) is 11.4. The number of aliphatic hydroxyl groups is 1. The first kappa shape index (κ1) is 26.8. The van der Waals surface area contributed by atoms with Gasteiger partial charge in [0, 0.05) is 37.7 Å². The summed E-state index contributed by atoms with van der Waals surface area (Å²) in [7, 11) is -3.92. The summed E-state index contributed by atoms with van der Waals surface area (Å²) in [5.74, 6) is -1.29. The van der Waals surface area contributed by atoms with Gasteiger partial charge in [-0.1, -0.05) is 42.3 Å². The van der Waals surface area contributed by atoms with E-state index in [9.17, 15) is 23.1 Å². The van der Waals surface area contributed by atoms with Gasteiger partial charge in [-0.2, -0.15) is 0 Å². The number of carbonyl (C=O) groups is 2. The van der Waals surface area contributed by atoms with E-state index in [0.717, 1.165) is 42.9 Å². The molecule has 0 bridgehead atoms. The molecule has 4 rings (SSSR count). The molecule has 8 nitrogen and oxygen atoms in total. The predicted octanol–water partition coefficient (Wildman–Crippen LogP) is 2.61. The van der Waals surface area contributed by atoms with Crippen molar-refractivity contribution in [1.29, 1.82) is 0 Å². The lowest BCUT2D eigenvalue weighted by Crippen LogP contribution is -2.60. The van der Waals surface area contributed by atoms with Crippen molar-refractivity contribution in [2.45, 2.75) is 36.7 Å². The number of halogens is 1. The van der Waals surface area contributed by atoms with E-state index < -0.39 is 32.9 Å². The summed E-state index contributed by atoms with van der Waals surface area (Å²) in [5, 5.41) is 16.0. The Morgan fingerprint density at radius 2 is 1.78 bits per heavy atom. The number of aldehydes is 1. The third kappa shape index (κ3) is 5.81. The zero-order valence-corrected chi connectivity index (χ0v) is 21.7. The first-order chi connectivity index (χ1) is 17.2. The van der Waals surface area contributed by atoms with Gasteiger partial charge in [0.05, 0.1) is 11.8 Å². The van der Waals surface area contributed by atoms with Gasteiger partial charge in [-0.05, 0) is 47.4 Å². The molecule has 2 aromatic carbocycles. The molecule has 1 amide bonds. The summed E-state index contributed by atoms with van der Waals surface area (Å²) in [5.41, 5.74) is 0.513. The second-order valence-corrected chi connectivity index (χ2v) is 12.0. The highest BCUT2D eigenvalue weighted by Gasteiger charge is 2.35. The number of aliphatic hydroxyl groups excluding tert-OH is 1. The standard InChI is InChI=1S/C26H32ClN3O5S/c1-2-25(21-7-6-20-16-22(27)9-8-19(20)15-21)36(34,35)18-24(32)26(33)28-11-13-29(14-12-28)30-10-4-3-5-23(30)17-31/h2,6-9,15-17,23-25,32H,1,3-5,10-14,18H2/t23?,24-,25?/m1/s1. The van der Waals surface area contributed by atoms with E-state index in [1.165, 1.54) is 11.0 Å². The van der Waals surface area contributed by atoms with Gasteiger partial charge in [-0.25, -0.2) is 18.4 Å². The van der Waals surface area contributed by atoms with Gasteiger partial charge in [0.1, 0.15) is 17.6 Å². The minimum absolute atomic E-state index is 0.139. The molecular formula is C26H32ClN3O5S. The zero-order chi connectivity index (χ0) is 25.9. The van der Waals surface area contributed by atoms with Crippen LogP contribution in [0.15, 0.2) is 49.1 Å². The molecule has 36 heavy (non-hydrogen) atoms. The number of hydrogen-bond donors (Lipinski definition) is 1. The Morgan fingerprint density at radius 1 is 1.08 bits per heavy atom. The molecule has 2 aromatic rings. The molecule has 3 atom stereocenters. The predicted molar refractivity (Wildman–Crippen MR) is 140 cm³/mol. The average Bonchev–Trinajstić information content (AvgIpc) is 2.88. The Kier molecular flexibility index (Phi) is 8.47. The number of piperazine rings is 1. The molecular weight excluding hydrogens is 502 g/mol.